The molecule has 0 aliphatic heterocycles. The molecule has 0 N–H and O–H groups in total. The zero-order valence-corrected chi connectivity index (χ0v) is 20.3. The molecule has 0 amide bonds. The Balaban J connectivity index is 1.60. The van der Waals surface area contributed by atoms with Crippen molar-refractivity contribution in [3.8, 4) is 22.6 Å². The fourth-order valence-corrected chi connectivity index (χ4v) is 4.62. The van der Waals surface area contributed by atoms with Gasteiger partial charge in [-0.25, -0.2) is 13.8 Å². The van der Waals surface area contributed by atoms with E-state index in [1.807, 2.05) is 20.8 Å². The molecule has 5 aromatic rings. The van der Waals surface area contributed by atoms with Crippen LogP contribution < -0.4 is 8.68 Å². The van der Waals surface area contributed by atoms with E-state index in [1.54, 1.807) is 34.9 Å². The molecule has 3 aromatic heterocycles. The monoisotopic (exact) mass is 511 g/mol. The summed E-state index contributed by atoms with van der Waals surface area (Å²) in [4.78, 5) is 5.03. The van der Waals surface area contributed by atoms with Gasteiger partial charge in [-0.05, 0) is 43.3 Å². The Morgan fingerprint density at radius 1 is 1.06 bits per heavy atom. The van der Waals surface area contributed by atoms with Crippen molar-refractivity contribution in [1.29, 1.82) is 0 Å². The van der Waals surface area contributed by atoms with Crippen molar-refractivity contribution >= 4 is 15.8 Å². The molecule has 0 saturated carbocycles. The fraction of sp³-hybridized carbons (Fsp3) is 0.160. The lowest BCUT2D eigenvalue weighted by atomic mass is 10.1. The molecule has 0 fully saturated rings. The molecule has 0 unspecified atom stereocenters. The van der Waals surface area contributed by atoms with Crippen LogP contribution in [-0.2, 0) is 10.1 Å². The molecule has 2 aromatic carbocycles. The standard InChI is InChI=1S/C25H21F2N4O4S/c1-15(2)25-29-31(35-36(32,33)19-8-4-16(3)5-9-19)22-11-6-17(13-30(22)25)24-23(28-14-34-24)20-12-18(26)7-10-21(20)27/h4-15H,1-3H3/q+1. The Morgan fingerprint density at radius 3 is 2.53 bits per heavy atom. The number of hydrogen-bond acceptors (Lipinski definition) is 6. The van der Waals surface area contributed by atoms with E-state index in [2.05, 4.69) is 10.1 Å². The molecule has 0 bridgehead atoms. The van der Waals surface area contributed by atoms with Crippen molar-refractivity contribution in [2.24, 2.45) is 0 Å². The van der Waals surface area contributed by atoms with Gasteiger partial charge in [-0.2, -0.15) is 17.1 Å². The SMILES string of the molecule is Cc1ccc(S(=O)(=O)On2nc(C(C)C)[n+]3cc(-c4ocnc4-c4cc(F)ccc4F)ccc23)cc1. The molecule has 184 valence electrons. The minimum atomic E-state index is -4.16. The number of aryl methyl sites for hydroxylation is 1. The van der Waals surface area contributed by atoms with Gasteiger partial charge >= 0.3 is 15.8 Å². The summed E-state index contributed by atoms with van der Waals surface area (Å²) in [5, 5.41) is 4.37. The van der Waals surface area contributed by atoms with E-state index in [1.165, 1.54) is 12.1 Å². The molecule has 11 heteroatoms. The molecule has 3 heterocycles. The van der Waals surface area contributed by atoms with Crippen molar-refractivity contribution in [2.75, 3.05) is 0 Å². The highest BCUT2D eigenvalue weighted by atomic mass is 32.2. The Hall–Kier alpha value is -4.12. The Kier molecular flexibility index (Phi) is 5.79. The molecule has 0 atom stereocenters. The number of halogens is 2. The molecular weight excluding hydrogens is 490 g/mol. The third-order valence-corrected chi connectivity index (χ3v) is 6.76. The second kappa shape index (κ2) is 8.83. The van der Waals surface area contributed by atoms with Crippen LogP contribution in [0.3, 0.4) is 0 Å². The Morgan fingerprint density at radius 2 is 1.81 bits per heavy atom. The Labute approximate surface area is 205 Å². The maximum absolute atomic E-state index is 14.4. The number of fused-ring (bicyclic) bond motifs is 1. The molecule has 0 aliphatic carbocycles. The minimum Gasteiger partial charge on any atom is -0.443 e. The van der Waals surface area contributed by atoms with Gasteiger partial charge in [0, 0.05) is 17.5 Å². The number of aromatic nitrogens is 4. The van der Waals surface area contributed by atoms with Gasteiger partial charge in [0.1, 0.15) is 22.2 Å². The van der Waals surface area contributed by atoms with Crippen LogP contribution in [0.2, 0.25) is 0 Å². The third kappa shape index (κ3) is 4.22. The quantitative estimate of drug-likeness (QED) is 0.313. The van der Waals surface area contributed by atoms with Crippen molar-refractivity contribution in [3.05, 3.63) is 90.2 Å². The van der Waals surface area contributed by atoms with Gasteiger partial charge in [-0.15, -0.1) is 0 Å². The molecule has 0 aliphatic rings. The normalized spacial score (nSPS) is 11.9. The molecule has 0 saturated heterocycles. The van der Waals surface area contributed by atoms with Crippen LogP contribution in [0.15, 0.2) is 76.5 Å². The van der Waals surface area contributed by atoms with Crippen LogP contribution >= 0.6 is 0 Å². The largest absolute Gasteiger partial charge is 0.443 e. The molecular formula is C25H21F2N4O4S+. The van der Waals surface area contributed by atoms with Crippen molar-refractivity contribution < 1.29 is 30.3 Å². The average molecular weight is 512 g/mol. The van der Waals surface area contributed by atoms with Crippen LogP contribution in [0.25, 0.3) is 28.2 Å². The van der Waals surface area contributed by atoms with Gasteiger partial charge < -0.3 is 4.42 Å². The number of nitrogens with zero attached hydrogens (tertiary/aromatic N) is 4. The van der Waals surface area contributed by atoms with Gasteiger partial charge in [0.2, 0.25) is 0 Å². The van der Waals surface area contributed by atoms with Crippen LogP contribution in [0, 0.1) is 18.6 Å². The number of benzene rings is 2. The summed E-state index contributed by atoms with van der Waals surface area (Å²) in [6.07, 6.45) is 2.80. The molecule has 36 heavy (non-hydrogen) atoms. The first-order valence-corrected chi connectivity index (χ1v) is 12.4. The summed E-state index contributed by atoms with van der Waals surface area (Å²) in [5.41, 5.74) is 1.82. The van der Waals surface area contributed by atoms with E-state index in [0.29, 0.717) is 17.0 Å². The van der Waals surface area contributed by atoms with E-state index in [0.717, 1.165) is 35.0 Å². The summed E-state index contributed by atoms with van der Waals surface area (Å²) in [7, 11) is -4.16. The van der Waals surface area contributed by atoms with E-state index < -0.39 is 21.8 Å². The third-order valence-electron chi connectivity index (χ3n) is 5.57. The van der Waals surface area contributed by atoms with Crippen LogP contribution in [0.1, 0.15) is 31.2 Å². The average Bonchev–Trinajstić information content (AvgIpc) is 3.46. The van der Waals surface area contributed by atoms with Crippen LogP contribution in [0.4, 0.5) is 8.78 Å². The van der Waals surface area contributed by atoms with E-state index in [9.17, 15) is 17.2 Å². The molecule has 5 rings (SSSR count). The predicted molar refractivity (Wildman–Crippen MR) is 125 cm³/mol. The summed E-state index contributed by atoms with van der Waals surface area (Å²) >= 11 is 0. The van der Waals surface area contributed by atoms with Crippen molar-refractivity contribution in [1.82, 2.24) is 14.9 Å². The second-order valence-electron chi connectivity index (χ2n) is 8.53. The number of rotatable bonds is 6. The van der Waals surface area contributed by atoms with E-state index in [4.69, 9.17) is 8.70 Å². The smallest absolute Gasteiger partial charge is 0.373 e. The summed E-state index contributed by atoms with van der Waals surface area (Å²) in [5.74, 6) is -0.658. The highest BCUT2D eigenvalue weighted by Gasteiger charge is 2.30. The first kappa shape index (κ1) is 23.6. The van der Waals surface area contributed by atoms with Gasteiger partial charge in [0.25, 0.3) is 5.82 Å². The molecule has 0 radical (unpaired) electrons. The Bertz CT molecular complexity index is 1690. The lowest BCUT2D eigenvalue weighted by molar-refractivity contribution is -0.524. The predicted octanol–water partition coefficient (Wildman–Crippen LogP) is 4.47. The lowest BCUT2D eigenvalue weighted by Gasteiger charge is -2.04. The summed E-state index contributed by atoms with van der Waals surface area (Å²) in [6.45, 7) is 5.63. The van der Waals surface area contributed by atoms with Crippen LogP contribution in [0.5, 0.6) is 0 Å². The first-order valence-electron chi connectivity index (χ1n) is 11.0. The first-order chi connectivity index (χ1) is 17.1. The second-order valence-corrected chi connectivity index (χ2v) is 10.1. The summed E-state index contributed by atoms with van der Waals surface area (Å²) in [6, 6.07) is 12.6. The zero-order chi connectivity index (χ0) is 25.6. The maximum atomic E-state index is 14.4. The highest BCUT2D eigenvalue weighted by Crippen LogP contribution is 2.32. The van der Waals surface area contributed by atoms with Crippen molar-refractivity contribution in [2.45, 2.75) is 31.6 Å². The van der Waals surface area contributed by atoms with E-state index in [-0.39, 0.29) is 27.8 Å². The minimum absolute atomic E-state index is 0.00658. The van der Waals surface area contributed by atoms with E-state index >= 15 is 0 Å². The number of oxazole rings is 1. The van der Waals surface area contributed by atoms with Gasteiger partial charge in [-0.3, -0.25) is 0 Å². The topological polar surface area (TPSA) is 91.3 Å². The maximum Gasteiger partial charge on any atom is 0.373 e. The number of pyridine rings is 1. The lowest BCUT2D eigenvalue weighted by Crippen LogP contribution is -2.27. The summed E-state index contributed by atoms with van der Waals surface area (Å²) < 4.78 is 66.5. The fourth-order valence-electron chi connectivity index (χ4n) is 3.77. The van der Waals surface area contributed by atoms with Gasteiger partial charge in [0.05, 0.1) is 21.7 Å². The van der Waals surface area contributed by atoms with Gasteiger partial charge in [-0.1, -0.05) is 31.5 Å². The van der Waals surface area contributed by atoms with Crippen LogP contribution in [-0.4, -0.2) is 23.3 Å². The highest BCUT2D eigenvalue weighted by molar-refractivity contribution is 7.87. The van der Waals surface area contributed by atoms with Crippen molar-refractivity contribution in [3.63, 3.8) is 0 Å². The zero-order valence-electron chi connectivity index (χ0n) is 19.5. The molecule has 8 nitrogen and oxygen atoms in total. The molecule has 0 spiro atoms. The number of hydrogen-bond donors (Lipinski definition) is 0. The van der Waals surface area contributed by atoms with Gasteiger partial charge in [0.15, 0.2) is 12.2 Å².